The van der Waals surface area contributed by atoms with Gasteiger partial charge in [0.1, 0.15) is 18.5 Å². The normalized spacial score (nSPS) is 24.5. The molecule has 1 aromatic carbocycles. The van der Waals surface area contributed by atoms with Gasteiger partial charge in [0.05, 0.1) is 0 Å². The molecule has 2 rings (SSSR count). The van der Waals surface area contributed by atoms with E-state index in [4.69, 9.17) is 4.74 Å². The van der Waals surface area contributed by atoms with Gasteiger partial charge in [-0.25, -0.2) is 0 Å². The first-order valence-corrected chi connectivity index (χ1v) is 8.64. The predicted octanol–water partition coefficient (Wildman–Crippen LogP) is 3.81. The van der Waals surface area contributed by atoms with Crippen molar-refractivity contribution >= 4 is 0 Å². The van der Waals surface area contributed by atoms with Crippen molar-refractivity contribution in [2.24, 2.45) is 0 Å². The van der Waals surface area contributed by atoms with Crippen molar-refractivity contribution in [2.75, 3.05) is 13.2 Å². The van der Waals surface area contributed by atoms with E-state index in [1.807, 2.05) is 18.2 Å². The highest BCUT2D eigenvalue weighted by Gasteiger charge is 2.26. The maximum absolute atomic E-state index is 10.4. The molecule has 1 heterocycles. The first-order valence-electron chi connectivity index (χ1n) is 8.64. The molecule has 3 nitrogen and oxygen atoms in total. The molecule has 0 spiro atoms. The van der Waals surface area contributed by atoms with Gasteiger partial charge in [-0.3, -0.25) is 4.90 Å². The third kappa shape index (κ3) is 4.47. The molecule has 1 aliphatic rings. The summed E-state index contributed by atoms with van der Waals surface area (Å²) < 4.78 is 5.90. The van der Waals surface area contributed by atoms with Crippen LogP contribution in [-0.4, -0.2) is 41.3 Å². The Kier molecular flexibility index (Phi) is 6.27. The van der Waals surface area contributed by atoms with Crippen LogP contribution >= 0.6 is 0 Å². The minimum absolute atomic E-state index is 0.361. The van der Waals surface area contributed by atoms with Crippen LogP contribution in [0.5, 0.6) is 5.75 Å². The van der Waals surface area contributed by atoms with E-state index in [1.165, 1.54) is 24.8 Å². The molecule has 0 radical (unpaired) electrons. The topological polar surface area (TPSA) is 32.7 Å². The molecule has 22 heavy (non-hydrogen) atoms. The number of piperidine rings is 1. The molecule has 0 aromatic heterocycles. The lowest BCUT2D eigenvalue weighted by molar-refractivity contribution is 0.0207. The predicted molar refractivity (Wildman–Crippen MR) is 91.5 cm³/mol. The molecule has 124 valence electrons. The van der Waals surface area contributed by atoms with Crippen LogP contribution in [0.2, 0.25) is 0 Å². The third-order valence-corrected chi connectivity index (χ3v) is 4.77. The van der Waals surface area contributed by atoms with Crippen LogP contribution in [0, 0.1) is 0 Å². The number of β-amino-alcohol motifs (C(OH)–C–C–N with tert-alkyl or cyclic N) is 1. The van der Waals surface area contributed by atoms with Gasteiger partial charge in [0.25, 0.3) is 0 Å². The van der Waals surface area contributed by atoms with Crippen molar-refractivity contribution in [3.05, 3.63) is 29.8 Å². The van der Waals surface area contributed by atoms with E-state index in [2.05, 4.69) is 38.7 Å². The standard InChI is InChI=1S/C19H31NO2/c1-14(2)18-10-5-6-11-19(18)22-13-17(21)12-20-15(3)8-7-9-16(20)4/h5-6,10-11,14-17,21H,7-9,12-13H2,1-4H3. The maximum atomic E-state index is 10.4. The third-order valence-electron chi connectivity index (χ3n) is 4.77. The Bertz CT molecular complexity index is 451. The Labute approximate surface area is 135 Å². The van der Waals surface area contributed by atoms with E-state index < -0.39 is 6.10 Å². The first-order chi connectivity index (χ1) is 10.5. The minimum Gasteiger partial charge on any atom is -0.491 e. The lowest BCUT2D eigenvalue weighted by Crippen LogP contribution is -2.48. The van der Waals surface area contributed by atoms with E-state index >= 15 is 0 Å². The van der Waals surface area contributed by atoms with Crippen LogP contribution in [0.3, 0.4) is 0 Å². The minimum atomic E-state index is -0.441. The number of para-hydroxylation sites is 1. The van der Waals surface area contributed by atoms with Crippen molar-refractivity contribution in [1.29, 1.82) is 0 Å². The first kappa shape index (κ1) is 17.3. The summed E-state index contributed by atoms with van der Waals surface area (Å²) >= 11 is 0. The van der Waals surface area contributed by atoms with Crippen LogP contribution < -0.4 is 4.74 Å². The Balaban J connectivity index is 1.89. The Morgan fingerprint density at radius 1 is 1.18 bits per heavy atom. The SMILES string of the molecule is CC(C)c1ccccc1OCC(O)CN1C(C)CCCC1C. The van der Waals surface area contributed by atoms with Gasteiger partial charge in [-0.2, -0.15) is 0 Å². The van der Waals surface area contributed by atoms with Crippen LogP contribution in [0.25, 0.3) is 0 Å². The summed E-state index contributed by atoms with van der Waals surface area (Å²) in [5.74, 6) is 1.33. The summed E-state index contributed by atoms with van der Waals surface area (Å²) in [5, 5.41) is 10.4. The van der Waals surface area contributed by atoms with Gasteiger partial charge in [0.15, 0.2) is 0 Å². The Morgan fingerprint density at radius 3 is 2.45 bits per heavy atom. The molecule has 3 atom stereocenters. The monoisotopic (exact) mass is 305 g/mol. The average molecular weight is 305 g/mol. The largest absolute Gasteiger partial charge is 0.491 e. The van der Waals surface area contributed by atoms with Gasteiger partial charge in [0.2, 0.25) is 0 Å². The van der Waals surface area contributed by atoms with Crippen molar-refractivity contribution in [2.45, 2.75) is 71.1 Å². The summed E-state index contributed by atoms with van der Waals surface area (Å²) in [7, 11) is 0. The summed E-state index contributed by atoms with van der Waals surface area (Å²) in [4.78, 5) is 2.42. The molecular formula is C19H31NO2. The summed E-state index contributed by atoms with van der Waals surface area (Å²) in [6.45, 7) is 9.91. The van der Waals surface area contributed by atoms with Gasteiger partial charge in [-0.15, -0.1) is 0 Å². The fourth-order valence-corrected chi connectivity index (χ4v) is 3.41. The van der Waals surface area contributed by atoms with E-state index in [0.29, 0.717) is 31.2 Å². The highest BCUT2D eigenvalue weighted by atomic mass is 16.5. The molecule has 3 heteroatoms. The second-order valence-corrected chi connectivity index (χ2v) is 6.98. The number of nitrogens with zero attached hydrogens (tertiary/aromatic N) is 1. The molecule has 1 saturated heterocycles. The number of aliphatic hydroxyl groups excluding tert-OH is 1. The number of ether oxygens (including phenoxy) is 1. The van der Waals surface area contributed by atoms with Crippen molar-refractivity contribution < 1.29 is 9.84 Å². The van der Waals surface area contributed by atoms with Crippen LogP contribution in [0.1, 0.15) is 58.4 Å². The lowest BCUT2D eigenvalue weighted by atomic mass is 9.97. The second kappa shape index (κ2) is 7.98. The number of benzene rings is 1. The highest BCUT2D eigenvalue weighted by molar-refractivity contribution is 5.35. The van der Waals surface area contributed by atoms with Crippen molar-refractivity contribution in [3.63, 3.8) is 0 Å². The molecule has 3 unspecified atom stereocenters. The molecule has 0 saturated carbocycles. The average Bonchev–Trinajstić information content (AvgIpc) is 2.49. The molecule has 0 amide bonds. The van der Waals surface area contributed by atoms with Crippen molar-refractivity contribution in [3.8, 4) is 5.75 Å². The maximum Gasteiger partial charge on any atom is 0.122 e. The fraction of sp³-hybridized carbons (Fsp3) is 0.684. The zero-order valence-electron chi connectivity index (χ0n) is 14.5. The smallest absolute Gasteiger partial charge is 0.122 e. The Hall–Kier alpha value is -1.06. The van der Waals surface area contributed by atoms with Crippen LogP contribution in [-0.2, 0) is 0 Å². The number of rotatable bonds is 6. The molecule has 1 N–H and O–H groups in total. The van der Waals surface area contributed by atoms with Gasteiger partial charge < -0.3 is 9.84 Å². The lowest BCUT2D eigenvalue weighted by Gasteiger charge is -2.40. The number of likely N-dealkylation sites (tertiary alicyclic amines) is 1. The quantitative estimate of drug-likeness (QED) is 0.867. The van der Waals surface area contributed by atoms with Crippen LogP contribution in [0.4, 0.5) is 0 Å². The molecular weight excluding hydrogens is 274 g/mol. The second-order valence-electron chi connectivity index (χ2n) is 6.98. The van der Waals surface area contributed by atoms with Gasteiger partial charge >= 0.3 is 0 Å². The molecule has 1 aliphatic heterocycles. The number of hydrogen-bond acceptors (Lipinski definition) is 3. The van der Waals surface area contributed by atoms with E-state index in [-0.39, 0.29) is 0 Å². The van der Waals surface area contributed by atoms with Gasteiger partial charge in [-0.1, -0.05) is 38.5 Å². The van der Waals surface area contributed by atoms with Gasteiger partial charge in [-0.05, 0) is 44.2 Å². The highest BCUT2D eigenvalue weighted by Crippen LogP contribution is 2.26. The molecule has 1 aromatic rings. The zero-order valence-corrected chi connectivity index (χ0v) is 14.5. The fourth-order valence-electron chi connectivity index (χ4n) is 3.41. The number of hydrogen-bond donors (Lipinski definition) is 1. The summed E-state index contributed by atoms with van der Waals surface area (Å²) in [6, 6.07) is 9.23. The summed E-state index contributed by atoms with van der Waals surface area (Å²) in [5.41, 5.74) is 1.20. The molecule has 0 aliphatic carbocycles. The molecule has 1 fully saturated rings. The van der Waals surface area contributed by atoms with Gasteiger partial charge in [0, 0.05) is 18.6 Å². The zero-order chi connectivity index (χ0) is 16.1. The number of aliphatic hydroxyl groups is 1. The Morgan fingerprint density at radius 2 is 1.82 bits per heavy atom. The molecule has 0 bridgehead atoms. The van der Waals surface area contributed by atoms with E-state index in [0.717, 1.165) is 5.75 Å². The van der Waals surface area contributed by atoms with E-state index in [9.17, 15) is 5.11 Å². The van der Waals surface area contributed by atoms with E-state index in [1.54, 1.807) is 0 Å². The van der Waals surface area contributed by atoms with Crippen molar-refractivity contribution in [1.82, 2.24) is 4.90 Å². The van der Waals surface area contributed by atoms with Crippen LogP contribution in [0.15, 0.2) is 24.3 Å². The summed E-state index contributed by atoms with van der Waals surface area (Å²) in [6.07, 6.45) is 3.32.